The highest BCUT2D eigenvalue weighted by molar-refractivity contribution is 5.91. The third-order valence-electron chi connectivity index (χ3n) is 3.17. The van der Waals surface area contributed by atoms with E-state index in [4.69, 9.17) is 9.15 Å². The molecule has 0 aliphatic heterocycles. The number of rotatable bonds is 5. The minimum atomic E-state index is -0.363. The van der Waals surface area contributed by atoms with Crippen LogP contribution >= 0.6 is 0 Å². The lowest BCUT2D eigenvalue weighted by Gasteiger charge is -2.06. The van der Waals surface area contributed by atoms with Crippen LogP contribution in [0.15, 0.2) is 51.9 Å². The zero-order valence-electron chi connectivity index (χ0n) is 11.4. The van der Waals surface area contributed by atoms with Gasteiger partial charge < -0.3 is 14.5 Å². The highest BCUT2D eigenvalue weighted by atomic mass is 16.5. The summed E-state index contributed by atoms with van der Waals surface area (Å²) in [6.45, 7) is 0.277. The van der Waals surface area contributed by atoms with E-state index in [0.717, 1.165) is 24.5 Å². The maximum Gasteiger partial charge on any atom is 0.287 e. The van der Waals surface area contributed by atoms with Crippen molar-refractivity contribution in [2.45, 2.75) is 25.5 Å². The molecule has 1 aromatic heterocycles. The van der Waals surface area contributed by atoms with Gasteiger partial charge in [-0.2, -0.15) is 0 Å². The average molecular weight is 285 g/mol. The van der Waals surface area contributed by atoms with Crippen molar-refractivity contribution in [1.29, 1.82) is 0 Å². The van der Waals surface area contributed by atoms with Gasteiger partial charge in [0.15, 0.2) is 5.76 Å². The molecule has 2 aromatic rings. The van der Waals surface area contributed by atoms with Crippen LogP contribution in [0.5, 0.6) is 5.75 Å². The molecule has 1 aliphatic carbocycles. The van der Waals surface area contributed by atoms with Gasteiger partial charge in [-0.05, 0) is 18.4 Å². The van der Waals surface area contributed by atoms with E-state index in [9.17, 15) is 9.59 Å². The van der Waals surface area contributed by atoms with Crippen molar-refractivity contribution in [3.8, 4) is 5.75 Å². The van der Waals surface area contributed by atoms with E-state index in [1.165, 1.54) is 6.26 Å². The first-order valence-corrected chi connectivity index (χ1v) is 6.83. The fraction of sp³-hybridized carbons (Fsp3) is 0.250. The summed E-state index contributed by atoms with van der Waals surface area (Å²) >= 11 is 0. The highest BCUT2D eigenvalue weighted by Crippen LogP contribution is 2.19. The van der Waals surface area contributed by atoms with Gasteiger partial charge in [0.1, 0.15) is 12.9 Å². The van der Waals surface area contributed by atoms with Crippen LogP contribution in [0.3, 0.4) is 0 Å². The summed E-state index contributed by atoms with van der Waals surface area (Å²) in [5.74, 6) is -0.245. The zero-order valence-corrected chi connectivity index (χ0v) is 11.4. The second kappa shape index (κ2) is 5.83. The maximum absolute atomic E-state index is 11.9. The number of nitrogens with one attached hydrogen (secondary N) is 1. The first-order chi connectivity index (χ1) is 10.2. The molecule has 0 unspecified atom stereocenters. The predicted octanol–water partition coefficient (Wildman–Crippen LogP) is 2.11. The van der Waals surface area contributed by atoms with Crippen molar-refractivity contribution in [2.24, 2.45) is 0 Å². The molecule has 1 amide bonds. The van der Waals surface area contributed by atoms with E-state index in [1.54, 1.807) is 0 Å². The summed E-state index contributed by atoms with van der Waals surface area (Å²) in [6, 6.07) is 10.9. The molecule has 1 saturated carbocycles. The molecule has 0 radical (unpaired) electrons. The summed E-state index contributed by atoms with van der Waals surface area (Å²) in [5.41, 5.74) is 0.589. The van der Waals surface area contributed by atoms with Crippen molar-refractivity contribution in [3.63, 3.8) is 0 Å². The molecule has 108 valence electrons. The predicted molar refractivity (Wildman–Crippen MR) is 76.2 cm³/mol. The van der Waals surface area contributed by atoms with Gasteiger partial charge in [0.2, 0.25) is 11.2 Å². The molecular weight excluding hydrogens is 270 g/mol. The van der Waals surface area contributed by atoms with Crippen LogP contribution in [-0.4, -0.2) is 11.9 Å². The van der Waals surface area contributed by atoms with Crippen LogP contribution in [-0.2, 0) is 6.61 Å². The number of hydrogen-bond acceptors (Lipinski definition) is 4. The van der Waals surface area contributed by atoms with Gasteiger partial charge in [-0.25, -0.2) is 0 Å². The van der Waals surface area contributed by atoms with Crippen molar-refractivity contribution in [2.75, 3.05) is 0 Å². The monoisotopic (exact) mass is 285 g/mol. The number of carbonyl (C=O) groups excluding carboxylic acids is 1. The molecular formula is C16H15NO4. The van der Waals surface area contributed by atoms with E-state index >= 15 is 0 Å². The average Bonchev–Trinajstić information content (AvgIpc) is 3.31. The Morgan fingerprint density at radius 3 is 2.71 bits per heavy atom. The number of ether oxygens (including phenoxy) is 1. The molecule has 0 atom stereocenters. The molecule has 1 aromatic carbocycles. The van der Waals surface area contributed by atoms with Crippen molar-refractivity contribution < 1.29 is 13.9 Å². The number of benzene rings is 1. The normalized spacial score (nSPS) is 13.7. The van der Waals surface area contributed by atoms with Crippen LogP contribution < -0.4 is 15.5 Å². The minimum absolute atomic E-state index is 0.0129. The molecule has 21 heavy (non-hydrogen) atoms. The number of carbonyl (C=O) groups is 1. The summed E-state index contributed by atoms with van der Waals surface area (Å²) < 4.78 is 10.6. The van der Waals surface area contributed by atoms with Crippen molar-refractivity contribution in [1.82, 2.24) is 5.32 Å². The second-order valence-corrected chi connectivity index (χ2v) is 4.99. The van der Waals surface area contributed by atoms with Gasteiger partial charge >= 0.3 is 0 Å². The summed E-state index contributed by atoms with van der Waals surface area (Å²) in [7, 11) is 0. The van der Waals surface area contributed by atoms with Gasteiger partial charge in [-0.15, -0.1) is 0 Å². The van der Waals surface area contributed by atoms with Crippen molar-refractivity contribution in [3.05, 3.63) is 64.2 Å². The molecule has 0 bridgehead atoms. The van der Waals surface area contributed by atoms with Crippen molar-refractivity contribution >= 4 is 5.91 Å². The molecule has 1 N–H and O–H groups in total. The smallest absolute Gasteiger partial charge is 0.287 e. The summed E-state index contributed by atoms with van der Waals surface area (Å²) in [6.07, 6.45) is 3.15. The topological polar surface area (TPSA) is 68.5 Å². The number of amides is 1. The lowest BCUT2D eigenvalue weighted by Crippen LogP contribution is -2.26. The highest BCUT2D eigenvalue weighted by Gasteiger charge is 2.25. The fourth-order valence-electron chi connectivity index (χ4n) is 1.84. The molecule has 5 heteroatoms. The molecule has 1 heterocycles. The number of hydrogen-bond donors (Lipinski definition) is 1. The Labute approximate surface area is 121 Å². The first kappa shape index (κ1) is 13.4. The molecule has 5 nitrogen and oxygen atoms in total. The van der Waals surface area contributed by atoms with Crippen LogP contribution in [0.1, 0.15) is 29.0 Å². The van der Waals surface area contributed by atoms with Crippen LogP contribution in [0, 0.1) is 0 Å². The van der Waals surface area contributed by atoms with Crippen LogP contribution in [0.25, 0.3) is 0 Å². The van der Waals surface area contributed by atoms with E-state index in [0.29, 0.717) is 0 Å². The van der Waals surface area contributed by atoms with Gasteiger partial charge in [-0.3, -0.25) is 9.59 Å². The molecule has 0 spiro atoms. The second-order valence-electron chi connectivity index (χ2n) is 4.99. The standard InChI is InChI=1S/C16H15NO4/c18-13-8-14(16(19)17-12-6-7-12)21-10-15(13)20-9-11-4-2-1-3-5-11/h1-5,8,10,12H,6-7,9H2,(H,17,19). The van der Waals surface area contributed by atoms with E-state index in [2.05, 4.69) is 5.32 Å². The van der Waals surface area contributed by atoms with Gasteiger partial charge in [-0.1, -0.05) is 30.3 Å². The van der Waals surface area contributed by atoms with Crippen LogP contribution in [0.4, 0.5) is 0 Å². The zero-order chi connectivity index (χ0) is 14.7. The van der Waals surface area contributed by atoms with E-state index in [1.807, 2.05) is 30.3 Å². The minimum Gasteiger partial charge on any atom is -0.482 e. The summed E-state index contributed by atoms with van der Waals surface area (Å²) in [4.78, 5) is 23.7. The fourth-order valence-corrected chi connectivity index (χ4v) is 1.84. The Balaban J connectivity index is 1.66. The van der Waals surface area contributed by atoms with E-state index < -0.39 is 0 Å². The van der Waals surface area contributed by atoms with E-state index in [-0.39, 0.29) is 35.5 Å². The Hall–Kier alpha value is -2.56. The van der Waals surface area contributed by atoms with Crippen LogP contribution in [0.2, 0.25) is 0 Å². The quantitative estimate of drug-likeness (QED) is 0.913. The third-order valence-corrected chi connectivity index (χ3v) is 3.17. The van der Waals surface area contributed by atoms with Gasteiger partial charge in [0.05, 0.1) is 0 Å². The van der Waals surface area contributed by atoms with Gasteiger partial charge in [0.25, 0.3) is 5.91 Å². The third kappa shape index (κ3) is 3.51. The Kier molecular flexibility index (Phi) is 3.73. The van der Waals surface area contributed by atoms with Gasteiger partial charge in [0, 0.05) is 12.1 Å². The summed E-state index contributed by atoms with van der Waals surface area (Å²) in [5, 5.41) is 2.76. The molecule has 3 rings (SSSR count). The largest absolute Gasteiger partial charge is 0.482 e. The Morgan fingerprint density at radius 2 is 2.05 bits per heavy atom. The first-order valence-electron chi connectivity index (χ1n) is 6.83. The Bertz CT molecular complexity index is 689. The molecule has 1 fully saturated rings. The SMILES string of the molecule is O=C(NC1CC1)c1cc(=O)c(OCc2ccccc2)co1. The lowest BCUT2D eigenvalue weighted by molar-refractivity contribution is 0.0920. The molecule has 0 saturated heterocycles. The lowest BCUT2D eigenvalue weighted by atomic mass is 10.2. The maximum atomic E-state index is 11.9. The molecule has 1 aliphatic rings. The Morgan fingerprint density at radius 1 is 1.29 bits per heavy atom.